The van der Waals surface area contributed by atoms with E-state index >= 15 is 0 Å². The number of benzene rings is 1. The summed E-state index contributed by atoms with van der Waals surface area (Å²) in [6.07, 6.45) is 3.24. The Morgan fingerprint density at radius 2 is 1.93 bits per heavy atom. The van der Waals surface area contributed by atoms with E-state index in [2.05, 4.69) is 32.3 Å². The maximum absolute atomic E-state index is 13.1. The number of pyridine rings is 1. The molecule has 0 saturated heterocycles. The van der Waals surface area contributed by atoms with Gasteiger partial charge in [-0.1, -0.05) is 0 Å². The fraction of sp³-hybridized carbons (Fsp3) is 0.211. The van der Waals surface area contributed by atoms with Gasteiger partial charge in [-0.15, -0.1) is 0 Å². The van der Waals surface area contributed by atoms with Crippen LogP contribution >= 0.6 is 15.9 Å². The van der Waals surface area contributed by atoms with Crippen LogP contribution in [-0.4, -0.2) is 42.2 Å². The summed E-state index contributed by atoms with van der Waals surface area (Å²) < 4.78 is 28.2. The molecule has 5 nitrogen and oxygen atoms in total. The monoisotopic (exact) mass is 509 g/mol. The van der Waals surface area contributed by atoms with Crippen LogP contribution in [-0.2, 0) is 21.2 Å². The summed E-state index contributed by atoms with van der Waals surface area (Å²) in [4.78, 5) is 18.6. The molecule has 8 heteroatoms. The van der Waals surface area contributed by atoms with E-state index < -0.39 is 24.2 Å². The third-order valence-electron chi connectivity index (χ3n) is 4.01. The second-order valence-corrected chi connectivity index (χ2v) is 13.8. The van der Waals surface area contributed by atoms with E-state index in [1.807, 2.05) is 6.92 Å². The number of halogens is 1. The summed E-state index contributed by atoms with van der Waals surface area (Å²) in [6, 6.07) is 8.49. The number of Topliss-reactive ketones (excluding diaryl/α,β-unsaturated/α-hetero) is 1. The SMILES string of the molecule is Cc1ccc(S(=O)(=O)n2cc(CC(=O)C=[As](C)C)c3cc(Br)cnc32)cc1. The molecule has 3 aromatic rings. The standard InChI is InChI=1S/C19H19AsBrN2O3S/c1-13-4-6-17(7-5-13)27(25,26)23-12-14(8-16(24)10-20(2)3)18-9-15(21)11-22-19(18)23/h4-7,9-12H,8H2,1-3H3. The van der Waals surface area contributed by atoms with Crippen LogP contribution < -0.4 is 0 Å². The van der Waals surface area contributed by atoms with Crippen LogP contribution in [0, 0.1) is 6.92 Å². The topological polar surface area (TPSA) is 69.0 Å². The van der Waals surface area contributed by atoms with Gasteiger partial charge < -0.3 is 0 Å². The number of nitrogens with zero attached hydrogens (tertiary/aromatic N) is 2. The van der Waals surface area contributed by atoms with Crippen LogP contribution in [0.4, 0.5) is 0 Å². The van der Waals surface area contributed by atoms with Crippen molar-refractivity contribution in [3.8, 4) is 0 Å². The zero-order chi connectivity index (χ0) is 19.8. The van der Waals surface area contributed by atoms with Gasteiger partial charge >= 0.3 is 172 Å². The number of fused-ring (bicyclic) bond motifs is 1. The molecule has 0 saturated carbocycles. The summed E-state index contributed by atoms with van der Waals surface area (Å²) in [6.45, 7) is 1.90. The molecular formula is C19H19AsBrN2O3S. The molecule has 2 aromatic heterocycles. The van der Waals surface area contributed by atoms with Crippen molar-refractivity contribution in [2.24, 2.45) is 0 Å². The molecule has 0 atom stereocenters. The van der Waals surface area contributed by atoms with E-state index in [9.17, 15) is 13.2 Å². The Morgan fingerprint density at radius 3 is 2.56 bits per heavy atom. The van der Waals surface area contributed by atoms with Crippen molar-refractivity contribution in [1.29, 1.82) is 0 Å². The molecular weight excluding hydrogens is 491 g/mol. The normalized spacial score (nSPS) is 11.6. The summed E-state index contributed by atoms with van der Waals surface area (Å²) in [5.41, 5.74) is 6.12. The van der Waals surface area contributed by atoms with Gasteiger partial charge in [-0.25, -0.2) is 0 Å². The average Bonchev–Trinajstić information content (AvgIpc) is 2.93. The van der Waals surface area contributed by atoms with Gasteiger partial charge in [0.2, 0.25) is 0 Å². The molecule has 0 aliphatic rings. The molecule has 0 aliphatic heterocycles. The Morgan fingerprint density at radius 1 is 1.26 bits per heavy atom. The number of rotatable bonds is 5. The number of hydrogen-bond acceptors (Lipinski definition) is 4. The van der Waals surface area contributed by atoms with Crippen LogP contribution in [0.2, 0.25) is 11.4 Å². The Kier molecular flexibility index (Phi) is 5.84. The zero-order valence-corrected chi connectivity index (χ0v) is 19.5. The second kappa shape index (κ2) is 7.82. The molecule has 0 N–H and O–H groups in total. The van der Waals surface area contributed by atoms with E-state index in [1.165, 1.54) is 10.2 Å². The minimum atomic E-state index is -3.81. The van der Waals surface area contributed by atoms with Gasteiger partial charge in [0.1, 0.15) is 0 Å². The predicted octanol–water partition coefficient (Wildman–Crippen LogP) is 3.59. The molecule has 3 rings (SSSR count). The first-order valence-electron chi connectivity index (χ1n) is 8.20. The first-order valence-corrected chi connectivity index (χ1v) is 15.3. The second-order valence-electron chi connectivity index (χ2n) is 6.53. The first-order chi connectivity index (χ1) is 12.7. The average molecular weight is 510 g/mol. The van der Waals surface area contributed by atoms with Crippen molar-refractivity contribution in [3.63, 3.8) is 0 Å². The third kappa shape index (κ3) is 4.31. The molecule has 0 fully saturated rings. The van der Waals surface area contributed by atoms with Crippen molar-refractivity contribution in [3.05, 3.63) is 58.3 Å². The van der Waals surface area contributed by atoms with Crippen molar-refractivity contribution in [1.82, 2.24) is 8.96 Å². The van der Waals surface area contributed by atoms with Gasteiger partial charge in [-0.3, -0.25) is 0 Å². The summed E-state index contributed by atoms with van der Waals surface area (Å²) in [5, 5.41) is 0.660. The molecule has 2 heterocycles. The minimum absolute atomic E-state index is 0.0201. The molecule has 0 aliphatic carbocycles. The number of ketones is 1. The van der Waals surface area contributed by atoms with Crippen molar-refractivity contribution >= 4 is 61.8 Å². The van der Waals surface area contributed by atoms with E-state index in [0.29, 0.717) is 16.6 Å². The number of carbonyl (C=O) groups is 1. The van der Waals surface area contributed by atoms with Gasteiger partial charge in [0.25, 0.3) is 0 Å². The molecule has 0 amide bonds. The van der Waals surface area contributed by atoms with Crippen LogP contribution in [0.5, 0.6) is 0 Å². The van der Waals surface area contributed by atoms with E-state index in [1.54, 1.807) is 41.3 Å². The maximum atomic E-state index is 13.1. The summed E-state index contributed by atoms with van der Waals surface area (Å²) in [5.74, 6) is 0.0201. The molecule has 1 aromatic carbocycles. The van der Waals surface area contributed by atoms with Crippen LogP contribution in [0.1, 0.15) is 11.1 Å². The fourth-order valence-corrected chi connectivity index (χ4v) is 5.86. The Hall–Kier alpha value is -1.56. The Bertz CT molecular complexity index is 1160. The van der Waals surface area contributed by atoms with Gasteiger partial charge in [0.05, 0.1) is 0 Å². The van der Waals surface area contributed by atoms with Crippen LogP contribution in [0.3, 0.4) is 0 Å². The third-order valence-corrected chi connectivity index (χ3v) is 7.79. The van der Waals surface area contributed by atoms with Crippen molar-refractivity contribution < 1.29 is 13.2 Å². The Balaban J connectivity index is 2.18. The predicted molar refractivity (Wildman–Crippen MR) is 113 cm³/mol. The van der Waals surface area contributed by atoms with Gasteiger partial charge in [0.15, 0.2) is 0 Å². The van der Waals surface area contributed by atoms with Crippen molar-refractivity contribution in [2.75, 3.05) is 0 Å². The van der Waals surface area contributed by atoms with Crippen LogP contribution in [0.15, 0.2) is 52.1 Å². The van der Waals surface area contributed by atoms with E-state index in [0.717, 1.165) is 10.0 Å². The number of carbonyl (C=O) groups excluding carboxylic acids is 1. The molecule has 0 spiro atoms. The quantitative estimate of drug-likeness (QED) is 0.493. The van der Waals surface area contributed by atoms with Crippen molar-refractivity contribution in [2.45, 2.75) is 29.7 Å². The first kappa shape index (κ1) is 20.2. The summed E-state index contributed by atoms with van der Waals surface area (Å²) in [7, 11) is -3.81. The summed E-state index contributed by atoms with van der Waals surface area (Å²) >= 11 is 2.17. The molecule has 0 unspecified atom stereocenters. The number of hydrogen-bond donors (Lipinski definition) is 0. The zero-order valence-electron chi connectivity index (χ0n) is 15.2. The molecule has 1 radical (unpaired) electrons. The van der Waals surface area contributed by atoms with Crippen LogP contribution in [0.25, 0.3) is 11.0 Å². The number of aryl methyl sites for hydroxylation is 1. The van der Waals surface area contributed by atoms with Gasteiger partial charge in [-0.2, -0.15) is 0 Å². The molecule has 141 valence electrons. The molecule has 0 bridgehead atoms. The Labute approximate surface area is 171 Å². The van der Waals surface area contributed by atoms with Gasteiger partial charge in [0, 0.05) is 0 Å². The van der Waals surface area contributed by atoms with E-state index in [-0.39, 0.29) is 17.1 Å². The molecule has 27 heavy (non-hydrogen) atoms. The van der Waals surface area contributed by atoms with E-state index in [4.69, 9.17) is 0 Å². The number of aromatic nitrogens is 2. The van der Waals surface area contributed by atoms with Gasteiger partial charge in [-0.05, 0) is 0 Å². The fourth-order valence-electron chi connectivity index (χ4n) is 2.79.